The van der Waals surface area contributed by atoms with Crippen molar-refractivity contribution in [3.05, 3.63) is 67.8 Å². The number of fused-ring (bicyclic) bond motifs is 1. The Kier molecular flexibility index (Phi) is 6.08. The van der Waals surface area contributed by atoms with Crippen molar-refractivity contribution in [2.75, 3.05) is 5.32 Å². The fourth-order valence-corrected chi connectivity index (χ4v) is 6.82. The molecule has 5 rings (SSSR count). The third-order valence-electron chi connectivity index (χ3n) is 5.58. The lowest BCUT2D eigenvalue weighted by Crippen LogP contribution is -2.17. The number of carbonyl (C=O) groups is 2. The summed E-state index contributed by atoms with van der Waals surface area (Å²) in [6.45, 7) is 1.79. The molecule has 4 aromatic rings. The maximum atomic E-state index is 12.4. The summed E-state index contributed by atoms with van der Waals surface area (Å²) in [5.41, 5.74) is 0.866. The summed E-state index contributed by atoms with van der Waals surface area (Å²) < 4.78 is 11.1. The van der Waals surface area contributed by atoms with E-state index < -0.39 is 23.6 Å². The molecular formula is C24H17ClN2O4S3. The smallest absolute Gasteiger partial charge is 0.412 e. The minimum absolute atomic E-state index is 0.314. The summed E-state index contributed by atoms with van der Waals surface area (Å²) in [4.78, 5) is 25.7. The molecule has 1 unspecified atom stereocenters. The highest BCUT2D eigenvalue weighted by atomic mass is 35.5. The number of hydrogen-bond donors (Lipinski definition) is 2. The number of thiophene rings is 2. The molecule has 0 aliphatic heterocycles. The lowest BCUT2D eigenvalue weighted by atomic mass is 10.1. The van der Waals surface area contributed by atoms with Gasteiger partial charge < -0.3 is 9.84 Å². The highest BCUT2D eigenvalue weighted by Crippen LogP contribution is 2.52. The van der Waals surface area contributed by atoms with Gasteiger partial charge in [0.15, 0.2) is 5.69 Å². The van der Waals surface area contributed by atoms with Gasteiger partial charge in [-0.1, -0.05) is 41.9 Å². The molecule has 1 amide bonds. The number of carboxylic acids is 1. The maximum absolute atomic E-state index is 12.4. The number of rotatable bonds is 5. The molecule has 1 saturated carbocycles. The first-order chi connectivity index (χ1) is 16.4. The summed E-state index contributed by atoms with van der Waals surface area (Å²) in [5, 5.41) is 13.2. The SMILES string of the molecule is CC(OC(=O)Nc1c(C#Cc2cc3cc(C4(C(=O)O)CC4)sc3s2)nsc1Cl)c1ccccc1. The van der Waals surface area contributed by atoms with E-state index in [1.165, 1.54) is 22.7 Å². The average molecular weight is 529 g/mol. The Morgan fingerprint density at radius 1 is 1.21 bits per heavy atom. The highest BCUT2D eigenvalue weighted by Gasteiger charge is 2.53. The van der Waals surface area contributed by atoms with Crippen LogP contribution in [0.15, 0.2) is 42.5 Å². The van der Waals surface area contributed by atoms with Crippen molar-refractivity contribution in [1.29, 1.82) is 0 Å². The molecule has 10 heteroatoms. The van der Waals surface area contributed by atoms with E-state index in [1.54, 1.807) is 6.92 Å². The first-order valence-corrected chi connectivity index (χ1v) is 13.1. The van der Waals surface area contributed by atoms with Crippen LogP contribution in [0.25, 0.3) is 9.40 Å². The van der Waals surface area contributed by atoms with Crippen LogP contribution in [0.1, 0.15) is 46.9 Å². The second-order valence-corrected chi connectivity index (χ2v) is 11.6. The number of carbonyl (C=O) groups excluding carboxylic acids is 1. The number of nitrogens with one attached hydrogen (secondary N) is 1. The Bertz CT molecular complexity index is 1430. The number of aliphatic carboxylic acids is 1. The van der Waals surface area contributed by atoms with Crippen LogP contribution in [0.5, 0.6) is 0 Å². The number of benzene rings is 1. The van der Waals surface area contributed by atoms with E-state index in [-0.39, 0.29) is 0 Å². The zero-order valence-corrected chi connectivity index (χ0v) is 21.0. The van der Waals surface area contributed by atoms with Crippen molar-refractivity contribution < 1.29 is 19.4 Å². The number of ether oxygens (including phenoxy) is 1. The van der Waals surface area contributed by atoms with E-state index in [0.717, 1.165) is 36.3 Å². The number of carboxylic acid groups (broad SMARTS) is 1. The van der Waals surface area contributed by atoms with Gasteiger partial charge in [-0.2, -0.15) is 4.37 Å². The second-order valence-electron chi connectivity index (χ2n) is 7.86. The molecule has 0 bridgehead atoms. The summed E-state index contributed by atoms with van der Waals surface area (Å²) >= 11 is 10.3. The molecule has 34 heavy (non-hydrogen) atoms. The molecule has 1 atom stereocenters. The minimum Gasteiger partial charge on any atom is -0.481 e. The lowest BCUT2D eigenvalue weighted by molar-refractivity contribution is -0.139. The molecule has 0 radical (unpaired) electrons. The van der Waals surface area contributed by atoms with Crippen LogP contribution in [-0.2, 0) is 14.9 Å². The Morgan fingerprint density at radius 3 is 2.65 bits per heavy atom. The number of aromatic nitrogens is 1. The normalized spacial score (nSPS) is 14.8. The van der Waals surface area contributed by atoms with E-state index >= 15 is 0 Å². The molecule has 1 fully saturated rings. The van der Waals surface area contributed by atoms with Gasteiger partial charge in [0.1, 0.15) is 21.5 Å². The van der Waals surface area contributed by atoms with Crippen molar-refractivity contribution >= 4 is 73.0 Å². The lowest BCUT2D eigenvalue weighted by Gasteiger charge is -2.13. The molecule has 2 N–H and O–H groups in total. The van der Waals surface area contributed by atoms with Crippen molar-refractivity contribution in [1.82, 2.24) is 4.37 Å². The number of halogens is 1. The van der Waals surface area contributed by atoms with Crippen LogP contribution in [0, 0.1) is 11.8 Å². The van der Waals surface area contributed by atoms with E-state index in [0.29, 0.717) is 28.6 Å². The Labute approximate surface area is 212 Å². The highest BCUT2D eigenvalue weighted by molar-refractivity contribution is 7.38. The first-order valence-electron chi connectivity index (χ1n) is 10.3. The van der Waals surface area contributed by atoms with Gasteiger partial charge in [0.25, 0.3) is 0 Å². The van der Waals surface area contributed by atoms with Gasteiger partial charge in [-0.25, -0.2) is 4.79 Å². The Hall–Kier alpha value is -2.90. The van der Waals surface area contributed by atoms with Crippen LogP contribution >= 0.6 is 45.8 Å². The number of hydrogen-bond acceptors (Lipinski definition) is 7. The fraction of sp³-hybridized carbons (Fsp3) is 0.208. The molecule has 1 aromatic carbocycles. The van der Waals surface area contributed by atoms with Crippen molar-refractivity contribution in [2.45, 2.75) is 31.3 Å². The molecule has 0 saturated heterocycles. The Morgan fingerprint density at radius 2 is 1.97 bits per heavy atom. The topological polar surface area (TPSA) is 88.5 Å². The quantitative estimate of drug-likeness (QED) is 0.275. The third kappa shape index (κ3) is 4.42. The predicted molar refractivity (Wildman–Crippen MR) is 136 cm³/mol. The van der Waals surface area contributed by atoms with E-state index in [9.17, 15) is 14.7 Å². The molecule has 6 nitrogen and oxygen atoms in total. The van der Waals surface area contributed by atoms with Crippen LogP contribution < -0.4 is 5.32 Å². The molecule has 1 aliphatic carbocycles. The van der Waals surface area contributed by atoms with Crippen LogP contribution in [-0.4, -0.2) is 21.5 Å². The first kappa shape index (κ1) is 22.9. The maximum Gasteiger partial charge on any atom is 0.412 e. The van der Waals surface area contributed by atoms with Gasteiger partial charge >= 0.3 is 12.1 Å². The molecule has 1 aliphatic rings. The number of anilines is 1. The van der Waals surface area contributed by atoms with Gasteiger partial charge in [0.05, 0.1) is 8.89 Å². The molecular weight excluding hydrogens is 512 g/mol. The van der Waals surface area contributed by atoms with Gasteiger partial charge in [-0.3, -0.25) is 10.1 Å². The fourth-order valence-electron chi connectivity index (χ4n) is 3.50. The standard InChI is InChI=1S/C24H17ClN2O4S3/c1-13(14-5-3-2-4-6-14)31-23(30)26-19-17(27-34-20(19)25)8-7-16-11-15-12-18(33-21(15)32-16)24(9-10-24)22(28)29/h2-6,11-13H,9-10H2,1H3,(H,26,30)(H,28,29). The molecule has 3 heterocycles. The number of amides is 1. The second kappa shape index (κ2) is 9.04. The van der Waals surface area contributed by atoms with Crippen molar-refractivity contribution in [3.63, 3.8) is 0 Å². The largest absolute Gasteiger partial charge is 0.481 e. The van der Waals surface area contributed by atoms with Gasteiger partial charge in [-0.05, 0) is 60.8 Å². The summed E-state index contributed by atoms with van der Waals surface area (Å²) in [7, 11) is 0. The predicted octanol–water partition coefficient (Wildman–Crippen LogP) is 6.90. The van der Waals surface area contributed by atoms with Crippen LogP contribution in [0.3, 0.4) is 0 Å². The van der Waals surface area contributed by atoms with E-state index in [2.05, 4.69) is 21.5 Å². The molecule has 3 aromatic heterocycles. The van der Waals surface area contributed by atoms with Crippen molar-refractivity contribution in [3.8, 4) is 11.8 Å². The van der Waals surface area contributed by atoms with Crippen LogP contribution in [0.4, 0.5) is 10.5 Å². The van der Waals surface area contributed by atoms with Crippen molar-refractivity contribution in [2.24, 2.45) is 0 Å². The summed E-state index contributed by atoms with van der Waals surface area (Å²) in [5.74, 6) is 5.31. The zero-order valence-electron chi connectivity index (χ0n) is 17.8. The summed E-state index contributed by atoms with van der Waals surface area (Å²) in [6, 6.07) is 13.3. The zero-order chi connectivity index (χ0) is 23.9. The number of nitrogens with zero attached hydrogens (tertiary/aromatic N) is 1. The van der Waals surface area contributed by atoms with E-state index in [4.69, 9.17) is 16.3 Å². The summed E-state index contributed by atoms with van der Waals surface area (Å²) in [6.07, 6.45) is 0.310. The van der Waals surface area contributed by atoms with E-state index in [1.807, 2.05) is 42.5 Å². The van der Waals surface area contributed by atoms with Gasteiger partial charge in [0.2, 0.25) is 0 Å². The Balaban J connectivity index is 1.30. The van der Waals surface area contributed by atoms with Gasteiger partial charge in [0, 0.05) is 10.3 Å². The molecule has 0 spiro atoms. The third-order valence-corrected chi connectivity index (χ3v) is 9.12. The monoisotopic (exact) mass is 528 g/mol. The minimum atomic E-state index is -0.751. The molecule has 172 valence electrons. The van der Waals surface area contributed by atoms with Gasteiger partial charge in [-0.15, -0.1) is 22.7 Å². The van der Waals surface area contributed by atoms with Crippen LogP contribution in [0.2, 0.25) is 4.34 Å². The average Bonchev–Trinajstić information content (AvgIpc) is 3.26.